The number of hydrogen-bond donors (Lipinski definition) is 1. The highest BCUT2D eigenvalue weighted by Gasteiger charge is 2.05. The highest BCUT2D eigenvalue weighted by Crippen LogP contribution is 2.27. The van der Waals surface area contributed by atoms with Crippen LogP contribution in [0.2, 0.25) is 5.02 Å². The van der Waals surface area contributed by atoms with Gasteiger partial charge in [0.2, 0.25) is 0 Å². The molecule has 0 spiro atoms. The summed E-state index contributed by atoms with van der Waals surface area (Å²) in [7, 11) is 0. The van der Waals surface area contributed by atoms with E-state index in [1.807, 2.05) is 26.0 Å². The molecule has 0 fully saturated rings. The Balaban J connectivity index is 2.66. The molecule has 0 saturated heterocycles. The SMILES string of the molecule is CCOCOc1ccc(C(C)N)cc1Cl. The third-order valence-electron chi connectivity index (χ3n) is 1.98. The van der Waals surface area contributed by atoms with Crippen LogP contribution in [0.15, 0.2) is 18.2 Å². The maximum atomic E-state index is 6.02. The van der Waals surface area contributed by atoms with E-state index in [0.29, 0.717) is 17.4 Å². The summed E-state index contributed by atoms with van der Waals surface area (Å²) in [6.07, 6.45) is 0. The third kappa shape index (κ3) is 3.70. The Hall–Kier alpha value is -0.770. The topological polar surface area (TPSA) is 44.5 Å². The van der Waals surface area contributed by atoms with Crippen LogP contribution in [-0.2, 0) is 4.74 Å². The minimum absolute atomic E-state index is 0.0246. The van der Waals surface area contributed by atoms with E-state index in [0.717, 1.165) is 5.56 Å². The van der Waals surface area contributed by atoms with Gasteiger partial charge in [0.25, 0.3) is 0 Å². The lowest BCUT2D eigenvalue weighted by Gasteiger charge is -2.10. The van der Waals surface area contributed by atoms with Crippen LogP contribution < -0.4 is 10.5 Å². The predicted molar refractivity (Wildman–Crippen MR) is 61.2 cm³/mol. The van der Waals surface area contributed by atoms with Gasteiger partial charge in [-0.15, -0.1) is 0 Å². The molecule has 1 atom stereocenters. The second-order valence-electron chi connectivity index (χ2n) is 3.23. The molecule has 84 valence electrons. The van der Waals surface area contributed by atoms with Gasteiger partial charge in [-0.1, -0.05) is 17.7 Å². The average molecular weight is 230 g/mol. The zero-order chi connectivity index (χ0) is 11.3. The molecular formula is C11H16ClNO2. The highest BCUT2D eigenvalue weighted by atomic mass is 35.5. The number of benzene rings is 1. The van der Waals surface area contributed by atoms with Crippen molar-refractivity contribution in [2.24, 2.45) is 5.73 Å². The van der Waals surface area contributed by atoms with Crippen LogP contribution in [0.1, 0.15) is 25.5 Å². The lowest BCUT2D eigenvalue weighted by Crippen LogP contribution is -2.06. The van der Waals surface area contributed by atoms with E-state index >= 15 is 0 Å². The number of ether oxygens (including phenoxy) is 2. The van der Waals surface area contributed by atoms with Crippen molar-refractivity contribution in [1.29, 1.82) is 0 Å². The van der Waals surface area contributed by atoms with Gasteiger partial charge in [0.05, 0.1) is 5.02 Å². The summed E-state index contributed by atoms with van der Waals surface area (Å²) in [5, 5.41) is 0.560. The van der Waals surface area contributed by atoms with Crippen molar-refractivity contribution in [2.45, 2.75) is 19.9 Å². The van der Waals surface area contributed by atoms with E-state index in [1.165, 1.54) is 0 Å². The molecule has 1 aromatic carbocycles. The molecule has 1 unspecified atom stereocenters. The van der Waals surface area contributed by atoms with Gasteiger partial charge in [0, 0.05) is 12.6 Å². The molecule has 1 aromatic rings. The summed E-state index contributed by atoms with van der Waals surface area (Å²) < 4.78 is 10.4. The van der Waals surface area contributed by atoms with Gasteiger partial charge in [0.1, 0.15) is 5.75 Å². The molecule has 15 heavy (non-hydrogen) atoms. The van der Waals surface area contributed by atoms with Crippen molar-refractivity contribution in [3.05, 3.63) is 28.8 Å². The van der Waals surface area contributed by atoms with Gasteiger partial charge in [0.15, 0.2) is 6.79 Å². The zero-order valence-electron chi connectivity index (χ0n) is 9.00. The van der Waals surface area contributed by atoms with Crippen LogP contribution in [0.3, 0.4) is 0 Å². The van der Waals surface area contributed by atoms with Gasteiger partial charge in [-0.25, -0.2) is 0 Å². The van der Waals surface area contributed by atoms with E-state index in [4.69, 9.17) is 26.8 Å². The zero-order valence-corrected chi connectivity index (χ0v) is 9.75. The smallest absolute Gasteiger partial charge is 0.189 e. The van der Waals surface area contributed by atoms with Crippen LogP contribution in [0.5, 0.6) is 5.75 Å². The minimum Gasteiger partial charge on any atom is -0.466 e. The van der Waals surface area contributed by atoms with Crippen LogP contribution >= 0.6 is 11.6 Å². The van der Waals surface area contributed by atoms with E-state index in [9.17, 15) is 0 Å². The van der Waals surface area contributed by atoms with Gasteiger partial charge in [-0.05, 0) is 31.5 Å². The predicted octanol–water partition coefficient (Wildman–Crippen LogP) is 2.73. The molecule has 1 rings (SSSR count). The standard InChI is InChI=1S/C11H16ClNO2/c1-3-14-7-15-11-5-4-9(8(2)13)6-10(11)12/h4-6,8H,3,7,13H2,1-2H3. The van der Waals surface area contributed by atoms with Crippen molar-refractivity contribution >= 4 is 11.6 Å². The van der Waals surface area contributed by atoms with Gasteiger partial charge < -0.3 is 15.2 Å². The maximum Gasteiger partial charge on any atom is 0.189 e. The third-order valence-corrected chi connectivity index (χ3v) is 2.28. The summed E-state index contributed by atoms with van der Waals surface area (Å²) in [6.45, 7) is 4.65. The second kappa shape index (κ2) is 5.95. The summed E-state index contributed by atoms with van der Waals surface area (Å²) in [5.74, 6) is 0.620. The Morgan fingerprint density at radius 2 is 2.20 bits per heavy atom. The molecule has 0 aliphatic heterocycles. The number of rotatable bonds is 5. The molecular weight excluding hydrogens is 214 g/mol. The molecule has 0 saturated carbocycles. The Kier molecular flexibility index (Phi) is 4.88. The molecule has 0 bridgehead atoms. The van der Waals surface area contributed by atoms with E-state index in [-0.39, 0.29) is 12.8 Å². The molecule has 0 amide bonds. The molecule has 4 heteroatoms. The molecule has 0 aliphatic carbocycles. The Labute approximate surface area is 95.1 Å². The monoisotopic (exact) mass is 229 g/mol. The van der Waals surface area contributed by atoms with Crippen LogP contribution in [0.4, 0.5) is 0 Å². The molecule has 0 aliphatic rings. The first-order valence-electron chi connectivity index (χ1n) is 4.90. The fourth-order valence-corrected chi connectivity index (χ4v) is 1.35. The van der Waals surface area contributed by atoms with Crippen molar-refractivity contribution < 1.29 is 9.47 Å². The summed E-state index contributed by atoms with van der Waals surface area (Å²) >= 11 is 6.02. The van der Waals surface area contributed by atoms with Gasteiger partial charge in [-0.3, -0.25) is 0 Å². The summed E-state index contributed by atoms with van der Waals surface area (Å²) in [6, 6.07) is 5.49. The first-order chi connectivity index (χ1) is 7.15. The highest BCUT2D eigenvalue weighted by molar-refractivity contribution is 6.32. The van der Waals surface area contributed by atoms with Crippen LogP contribution in [-0.4, -0.2) is 13.4 Å². The maximum absolute atomic E-state index is 6.02. The lowest BCUT2D eigenvalue weighted by molar-refractivity contribution is 0.0224. The van der Waals surface area contributed by atoms with Gasteiger partial charge in [-0.2, -0.15) is 0 Å². The number of halogens is 1. The van der Waals surface area contributed by atoms with Crippen molar-refractivity contribution in [3.63, 3.8) is 0 Å². The average Bonchev–Trinajstić information content (AvgIpc) is 2.20. The second-order valence-corrected chi connectivity index (χ2v) is 3.64. The Bertz CT molecular complexity index is 315. The van der Waals surface area contributed by atoms with Crippen molar-refractivity contribution in [2.75, 3.05) is 13.4 Å². The van der Waals surface area contributed by atoms with E-state index < -0.39 is 0 Å². The first kappa shape index (κ1) is 12.3. The van der Waals surface area contributed by atoms with Gasteiger partial charge >= 0.3 is 0 Å². The fraction of sp³-hybridized carbons (Fsp3) is 0.455. The molecule has 2 N–H and O–H groups in total. The Morgan fingerprint density at radius 3 is 2.73 bits per heavy atom. The number of nitrogens with two attached hydrogens (primary N) is 1. The quantitative estimate of drug-likeness (QED) is 0.624. The first-order valence-corrected chi connectivity index (χ1v) is 5.28. The van der Waals surface area contributed by atoms with Crippen molar-refractivity contribution in [1.82, 2.24) is 0 Å². The minimum atomic E-state index is -0.0246. The molecule has 3 nitrogen and oxygen atoms in total. The number of hydrogen-bond acceptors (Lipinski definition) is 3. The summed E-state index contributed by atoms with van der Waals surface area (Å²) in [4.78, 5) is 0. The summed E-state index contributed by atoms with van der Waals surface area (Å²) in [5.41, 5.74) is 6.72. The molecule has 0 heterocycles. The molecule has 0 radical (unpaired) electrons. The van der Waals surface area contributed by atoms with E-state index in [2.05, 4.69) is 0 Å². The normalized spacial score (nSPS) is 12.5. The lowest BCUT2D eigenvalue weighted by atomic mass is 10.1. The fourth-order valence-electron chi connectivity index (χ4n) is 1.11. The Morgan fingerprint density at radius 1 is 1.47 bits per heavy atom. The van der Waals surface area contributed by atoms with Crippen LogP contribution in [0, 0.1) is 0 Å². The van der Waals surface area contributed by atoms with Crippen LogP contribution in [0.25, 0.3) is 0 Å². The van der Waals surface area contributed by atoms with E-state index in [1.54, 1.807) is 6.07 Å². The van der Waals surface area contributed by atoms with Crippen molar-refractivity contribution in [3.8, 4) is 5.75 Å². The largest absolute Gasteiger partial charge is 0.466 e. The molecule has 0 aromatic heterocycles.